The molecule has 5 rings (SSSR count). The first kappa shape index (κ1) is 17.1. The van der Waals surface area contributed by atoms with Gasteiger partial charge in [-0.25, -0.2) is 0 Å². The second-order valence-electron chi connectivity index (χ2n) is 8.03. The van der Waals surface area contributed by atoms with Gasteiger partial charge in [0.25, 0.3) is 0 Å². The Morgan fingerprint density at radius 1 is 0.929 bits per heavy atom. The minimum atomic E-state index is -0.242. The molecule has 0 saturated heterocycles. The molecule has 28 heavy (non-hydrogen) atoms. The fourth-order valence-corrected chi connectivity index (χ4v) is 4.52. The lowest BCUT2D eigenvalue weighted by Gasteiger charge is -2.49. The standard InChI is InChI=1S/C23H24BN3O/c1-17-16-20-19-12-8-9-13-21(19)28-22(20)24(4)27(17)26-15-14-25(23(26,2)3)18-10-6-5-7-11-18/h5-16H,1-4H3. The van der Waals surface area contributed by atoms with Crippen LogP contribution < -0.4 is 10.6 Å². The molecule has 1 aromatic heterocycles. The summed E-state index contributed by atoms with van der Waals surface area (Å²) in [6.45, 7) is 8.98. The van der Waals surface area contributed by atoms with E-state index in [0.29, 0.717) is 0 Å². The van der Waals surface area contributed by atoms with Gasteiger partial charge in [0, 0.05) is 34.7 Å². The van der Waals surface area contributed by atoms with Crippen molar-refractivity contribution in [2.24, 2.45) is 0 Å². The summed E-state index contributed by atoms with van der Waals surface area (Å²) in [5.74, 6) is 0. The Morgan fingerprint density at radius 3 is 2.43 bits per heavy atom. The Kier molecular flexibility index (Phi) is 3.63. The maximum absolute atomic E-state index is 6.27. The summed E-state index contributed by atoms with van der Waals surface area (Å²) in [5, 5.41) is 3.50. The highest BCUT2D eigenvalue weighted by atomic mass is 16.3. The maximum Gasteiger partial charge on any atom is 0.353 e. The van der Waals surface area contributed by atoms with Crippen LogP contribution in [-0.4, -0.2) is 22.4 Å². The van der Waals surface area contributed by atoms with Crippen LogP contribution in [0.1, 0.15) is 26.3 Å². The topological polar surface area (TPSA) is 22.9 Å². The summed E-state index contributed by atoms with van der Waals surface area (Å²) in [7, 11) is 0. The molecule has 0 saturated carbocycles. The van der Waals surface area contributed by atoms with E-state index in [1.54, 1.807) is 0 Å². The summed E-state index contributed by atoms with van der Waals surface area (Å²) in [6.07, 6.45) is 6.56. The molecule has 4 nitrogen and oxygen atoms in total. The molecule has 0 N–H and O–H groups in total. The molecule has 0 amide bonds. The normalized spacial score (nSPS) is 18.1. The Morgan fingerprint density at radius 2 is 1.64 bits per heavy atom. The van der Waals surface area contributed by atoms with Gasteiger partial charge in [-0.2, -0.15) is 0 Å². The van der Waals surface area contributed by atoms with Crippen LogP contribution in [-0.2, 0) is 0 Å². The van der Waals surface area contributed by atoms with Gasteiger partial charge in [-0.1, -0.05) is 43.2 Å². The number of fused-ring (bicyclic) bond motifs is 3. The van der Waals surface area contributed by atoms with Crippen molar-refractivity contribution in [3.63, 3.8) is 0 Å². The molecule has 0 aliphatic carbocycles. The smallest absolute Gasteiger partial charge is 0.353 e. The van der Waals surface area contributed by atoms with Gasteiger partial charge in [-0.05, 0) is 45.0 Å². The first-order valence-electron chi connectivity index (χ1n) is 9.79. The molecule has 3 aromatic rings. The minimum absolute atomic E-state index is 0.104. The molecule has 3 heterocycles. The Bertz CT molecular complexity index is 1100. The van der Waals surface area contributed by atoms with Crippen molar-refractivity contribution in [2.45, 2.75) is 33.3 Å². The molecule has 2 aliphatic rings. The highest BCUT2D eigenvalue weighted by molar-refractivity contribution is 6.70. The summed E-state index contributed by atoms with van der Waals surface area (Å²) < 4.78 is 6.27. The number of hydrogen-bond donors (Lipinski definition) is 0. The van der Waals surface area contributed by atoms with Gasteiger partial charge in [0.05, 0.1) is 0 Å². The number of allylic oxidation sites excluding steroid dienone is 1. The SMILES string of the molecule is CB1c2oc3ccccc3c2C=C(C)N1N1C=CN(c2ccccc2)C1(C)C. The predicted octanol–water partition coefficient (Wildman–Crippen LogP) is 4.88. The number of furan rings is 1. The van der Waals surface area contributed by atoms with Crippen molar-refractivity contribution in [3.8, 4) is 0 Å². The second kappa shape index (κ2) is 5.96. The number of hydrogen-bond acceptors (Lipinski definition) is 4. The third-order valence-corrected chi connectivity index (χ3v) is 5.90. The zero-order chi connectivity index (χ0) is 19.5. The zero-order valence-electron chi connectivity index (χ0n) is 16.8. The zero-order valence-corrected chi connectivity index (χ0v) is 16.8. The molecular formula is C23H24BN3O. The van der Waals surface area contributed by atoms with Crippen LogP contribution in [0.3, 0.4) is 0 Å². The van der Waals surface area contributed by atoms with Crippen molar-refractivity contribution in [1.29, 1.82) is 0 Å². The fourth-order valence-electron chi connectivity index (χ4n) is 4.52. The van der Waals surface area contributed by atoms with E-state index in [1.165, 1.54) is 22.3 Å². The van der Waals surface area contributed by atoms with Crippen LogP contribution in [0.25, 0.3) is 17.0 Å². The molecule has 0 bridgehead atoms. The van der Waals surface area contributed by atoms with Crippen molar-refractivity contribution in [2.75, 3.05) is 4.90 Å². The van der Waals surface area contributed by atoms with Gasteiger partial charge < -0.3 is 14.2 Å². The quantitative estimate of drug-likeness (QED) is 0.601. The van der Waals surface area contributed by atoms with E-state index in [1.807, 2.05) is 12.1 Å². The highest BCUT2D eigenvalue weighted by Crippen LogP contribution is 2.37. The van der Waals surface area contributed by atoms with Crippen LogP contribution in [0.15, 0.2) is 77.1 Å². The molecule has 2 aromatic carbocycles. The van der Waals surface area contributed by atoms with Crippen molar-refractivity contribution in [3.05, 3.63) is 78.3 Å². The lowest BCUT2D eigenvalue weighted by molar-refractivity contribution is 0.0560. The highest BCUT2D eigenvalue weighted by Gasteiger charge is 2.44. The first-order valence-corrected chi connectivity index (χ1v) is 9.79. The van der Waals surface area contributed by atoms with Crippen molar-refractivity contribution in [1.82, 2.24) is 9.93 Å². The summed E-state index contributed by atoms with van der Waals surface area (Å²) in [5.41, 5.74) is 5.33. The molecule has 0 radical (unpaired) electrons. The fraction of sp³-hybridized carbons (Fsp3) is 0.217. The molecule has 0 spiro atoms. The molecular weight excluding hydrogens is 345 g/mol. The average molecular weight is 369 g/mol. The van der Waals surface area contributed by atoms with Crippen LogP contribution in [0.5, 0.6) is 0 Å². The van der Waals surface area contributed by atoms with Gasteiger partial charge in [0.15, 0.2) is 0 Å². The van der Waals surface area contributed by atoms with Crippen LogP contribution in [0.4, 0.5) is 5.69 Å². The van der Waals surface area contributed by atoms with E-state index < -0.39 is 0 Å². The minimum Gasteiger partial charge on any atom is -0.468 e. The summed E-state index contributed by atoms with van der Waals surface area (Å²) in [4.78, 5) is 4.64. The van der Waals surface area contributed by atoms with E-state index in [2.05, 4.69) is 103 Å². The Labute approximate surface area is 166 Å². The lowest BCUT2D eigenvalue weighted by atomic mass is 9.58. The monoisotopic (exact) mass is 369 g/mol. The molecule has 5 heteroatoms. The number of hydrazine groups is 1. The number of para-hydroxylation sites is 2. The molecule has 2 aliphatic heterocycles. The second-order valence-corrected chi connectivity index (χ2v) is 8.03. The van der Waals surface area contributed by atoms with E-state index in [0.717, 1.165) is 11.2 Å². The first-order chi connectivity index (χ1) is 13.5. The van der Waals surface area contributed by atoms with E-state index in [-0.39, 0.29) is 12.5 Å². The van der Waals surface area contributed by atoms with Crippen LogP contribution in [0, 0.1) is 0 Å². The predicted molar refractivity (Wildman–Crippen MR) is 117 cm³/mol. The molecule has 0 fully saturated rings. The van der Waals surface area contributed by atoms with Gasteiger partial charge in [-0.15, -0.1) is 0 Å². The Hall–Kier alpha value is -3.08. The van der Waals surface area contributed by atoms with Crippen molar-refractivity contribution >= 4 is 35.2 Å². The lowest BCUT2D eigenvalue weighted by Crippen LogP contribution is -2.62. The third-order valence-electron chi connectivity index (χ3n) is 5.90. The summed E-state index contributed by atoms with van der Waals surface area (Å²) >= 11 is 0. The van der Waals surface area contributed by atoms with E-state index in [9.17, 15) is 0 Å². The van der Waals surface area contributed by atoms with Gasteiger partial charge in [-0.3, -0.25) is 5.01 Å². The third kappa shape index (κ3) is 2.32. The largest absolute Gasteiger partial charge is 0.468 e. The van der Waals surface area contributed by atoms with E-state index in [4.69, 9.17) is 4.42 Å². The van der Waals surface area contributed by atoms with Crippen LogP contribution in [0.2, 0.25) is 6.82 Å². The number of benzene rings is 2. The summed E-state index contributed by atoms with van der Waals surface area (Å²) in [6, 6.07) is 18.8. The van der Waals surface area contributed by atoms with Gasteiger partial charge >= 0.3 is 6.85 Å². The number of rotatable bonds is 2. The number of nitrogens with zero attached hydrogens (tertiary/aromatic N) is 3. The molecule has 140 valence electrons. The number of anilines is 1. The van der Waals surface area contributed by atoms with E-state index >= 15 is 0 Å². The Balaban J connectivity index is 1.55. The van der Waals surface area contributed by atoms with Gasteiger partial charge in [0.1, 0.15) is 16.9 Å². The average Bonchev–Trinajstić information content (AvgIpc) is 3.20. The maximum atomic E-state index is 6.27. The molecule has 0 unspecified atom stereocenters. The van der Waals surface area contributed by atoms with Crippen molar-refractivity contribution < 1.29 is 4.42 Å². The molecule has 0 atom stereocenters. The van der Waals surface area contributed by atoms with Gasteiger partial charge in [0.2, 0.25) is 0 Å². The van der Waals surface area contributed by atoms with Crippen LogP contribution >= 0.6 is 0 Å².